The van der Waals surface area contributed by atoms with Gasteiger partial charge in [-0.25, -0.2) is 9.37 Å². The number of halogens is 4. The first-order valence-electron chi connectivity index (χ1n) is 11.8. The number of hydrogen-bond acceptors (Lipinski definition) is 8. The molecule has 1 aromatic heterocycles. The van der Waals surface area contributed by atoms with Crippen molar-refractivity contribution in [1.29, 1.82) is 0 Å². The van der Waals surface area contributed by atoms with Gasteiger partial charge < -0.3 is 29.2 Å². The normalized spacial score (nSPS) is 14.4. The van der Waals surface area contributed by atoms with Crippen LogP contribution < -0.4 is 24.4 Å². The highest BCUT2D eigenvalue weighted by Gasteiger charge is 2.32. The molecule has 1 aliphatic heterocycles. The number of methoxy groups -OCH3 is 2. The standard InChI is InChI=1S/C26H26F4N4O5/c1-36-15-22(17-5-9-20(10-6-17)39-26(28,29)30)31-24(35)21-11-23(33-25(32-21)34-12-18(27)13-34)38-14-16-3-7-19(37-2)8-4-16/h3-11,18,22H,12-15H2,1-2H3,(H,31,35)/t22-/m1/s1. The molecule has 0 saturated carbocycles. The summed E-state index contributed by atoms with van der Waals surface area (Å²) in [7, 11) is 2.98. The number of carbonyl (C=O) groups excluding carboxylic acids is 1. The fourth-order valence-electron chi connectivity index (χ4n) is 3.73. The topological polar surface area (TPSA) is 95.0 Å². The molecule has 1 saturated heterocycles. The molecule has 13 heteroatoms. The predicted molar refractivity (Wildman–Crippen MR) is 132 cm³/mol. The summed E-state index contributed by atoms with van der Waals surface area (Å²) in [6.45, 7) is 0.342. The first kappa shape index (κ1) is 27.9. The number of hydrogen-bond donors (Lipinski definition) is 1. The smallest absolute Gasteiger partial charge is 0.497 e. The number of alkyl halides is 4. The van der Waals surface area contributed by atoms with E-state index < -0.39 is 30.2 Å². The molecule has 1 aliphatic rings. The van der Waals surface area contributed by atoms with Gasteiger partial charge in [0.05, 0.1) is 32.8 Å². The lowest BCUT2D eigenvalue weighted by molar-refractivity contribution is -0.274. The van der Waals surface area contributed by atoms with E-state index in [1.165, 1.54) is 25.3 Å². The van der Waals surface area contributed by atoms with E-state index in [4.69, 9.17) is 14.2 Å². The summed E-state index contributed by atoms with van der Waals surface area (Å²) in [6, 6.07) is 12.9. The molecule has 208 valence electrons. The van der Waals surface area contributed by atoms with Gasteiger partial charge in [0.1, 0.15) is 30.0 Å². The minimum absolute atomic E-state index is 0.0274. The molecule has 0 radical (unpaired) electrons. The SMILES string of the molecule is COC[C@@H](NC(=O)c1cc(OCc2ccc(OC)cc2)nc(N2CC(F)C2)n1)c1ccc(OC(F)(F)F)cc1. The third-order valence-electron chi connectivity index (χ3n) is 5.74. The van der Waals surface area contributed by atoms with E-state index in [0.29, 0.717) is 11.3 Å². The van der Waals surface area contributed by atoms with Crippen molar-refractivity contribution < 1.29 is 41.3 Å². The Bertz CT molecular complexity index is 1250. The average Bonchev–Trinajstić information content (AvgIpc) is 2.89. The second-order valence-electron chi connectivity index (χ2n) is 8.63. The summed E-state index contributed by atoms with van der Waals surface area (Å²) < 4.78 is 71.0. The predicted octanol–water partition coefficient (Wildman–Crippen LogP) is 4.24. The molecule has 0 aliphatic carbocycles. The Morgan fingerprint density at radius 1 is 1.05 bits per heavy atom. The zero-order valence-corrected chi connectivity index (χ0v) is 21.1. The van der Waals surface area contributed by atoms with Crippen molar-refractivity contribution in [2.24, 2.45) is 0 Å². The molecule has 0 spiro atoms. The molecule has 0 unspecified atom stereocenters. The van der Waals surface area contributed by atoms with Crippen LogP contribution in [0, 0.1) is 0 Å². The fourth-order valence-corrected chi connectivity index (χ4v) is 3.73. The van der Waals surface area contributed by atoms with Crippen LogP contribution in [0.15, 0.2) is 54.6 Å². The van der Waals surface area contributed by atoms with Gasteiger partial charge in [-0.15, -0.1) is 13.2 Å². The highest BCUT2D eigenvalue weighted by atomic mass is 19.4. The zero-order valence-electron chi connectivity index (χ0n) is 21.1. The van der Waals surface area contributed by atoms with Crippen molar-refractivity contribution in [3.8, 4) is 17.4 Å². The number of rotatable bonds is 11. The molecular formula is C26H26F4N4O5. The number of anilines is 1. The van der Waals surface area contributed by atoms with E-state index in [9.17, 15) is 22.4 Å². The van der Waals surface area contributed by atoms with E-state index in [2.05, 4.69) is 20.0 Å². The number of ether oxygens (including phenoxy) is 4. The van der Waals surface area contributed by atoms with Crippen LogP contribution >= 0.6 is 0 Å². The lowest BCUT2D eigenvalue weighted by Gasteiger charge is -2.34. The van der Waals surface area contributed by atoms with E-state index in [-0.39, 0.29) is 43.8 Å². The first-order valence-corrected chi connectivity index (χ1v) is 11.8. The largest absolute Gasteiger partial charge is 0.573 e. The molecule has 1 amide bonds. The highest BCUT2D eigenvalue weighted by Crippen LogP contribution is 2.26. The van der Waals surface area contributed by atoms with Crippen LogP contribution in [0.1, 0.15) is 27.7 Å². The molecule has 39 heavy (non-hydrogen) atoms. The molecule has 2 aromatic carbocycles. The van der Waals surface area contributed by atoms with Crippen LogP contribution in [0.25, 0.3) is 0 Å². The molecular weight excluding hydrogens is 524 g/mol. The number of benzene rings is 2. The molecule has 1 atom stereocenters. The van der Waals surface area contributed by atoms with Crippen LogP contribution in [0.3, 0.4) is 0 Å². The summed E-state index contributed by atoms with van der Waals surface area (Å²) >= 11 is 0. The molecule has 1 fully saturated rings. The van der Waals surface area contributed by atoms with Gasteiger partial charge >= 0.3 is 6.36 Å². The lowest BCUT2D eigenvalue weighted by Crippen LogP contribution is -2.49. The Labute approximate surface area is 221 Å². The Hall–Kier alpha value is -4.13. The molecule has 0 bridgehead atoms. The monoisotopic (exact) mass is 550 g/mol. The Morgan fingerprint density at radius 2 is 1.72 bits per heavy atom. The zero-order chi connectivity index (χ0) is 28.0. The van der Waals surface area contributed by atoms with Gasteiger partial charge in [0.15, 0.2) is 0 Å². The quantitative estimate of drug-likeness (QED) is 0.355. The summed E-state index contributed by atoms with van der Waals surface area (Å²) in [5, 5.41) is 2.76. The maximum atomic E-state index is 13.5. The van der Waals surface area contributed by atoms with Crippen molar-refractivity contribution in [3.63, 3.8) is 0 Å². The second kappa shape index (κ2) is 12.2. The van der Waals surface area contributed by atoms with Crippen LogP contribution in [0.2, 0.25) is 0 Å². The maximum Gasteiger partial charge on any atom is 0.573 e. The number of carbonyl (C=O) groups is 1. The van der Waals surface area contributed by atoms with Gasteiger partial charge in [0.2, 0.25) is 11.8 Å². The van der Waals surface area contributed by atoms with Crippen molar-refractivity contribution in [2.75, 3.05) is 38.8 Å². The minimum Gasteiger partial charge on any atom is -0.497 e. The van der Waals surface area contributed by atoms with Crippen LogP contribution in [0.4, 0.5) is 23.5 Å². The van der Waals surface area contributed by atoms with E-state index in [1.54, 1.807) is 24.1 Å². The first-order chi connectivity index (χ1) is 18.6. The third kappa shape index (κ3) is 7.69. The molecule has 3 aromatic rings. The maximum absolute atomic E-state index is 13.5. The molecule has 4 rings (SSSR count). The lowest BCUT2D eigenvalue weighted by atomic mass is 10.1. The highest BCUT2D eigenvalue weighted by molar-refractivity contribution is 5.93. The van der Waals surface area contributed by atoms with E-state index in [1.807, 2.05) is 12.1 Å². The van der Waals surface area contributed by atoms with Gasteiger partial charge in [0.25, 0.3) is 5.91 Å². The van der Waals surface area contributed by atoms with Gasteiger partial charge in [-0.1, -0.05) is 24.3 Å². The van der Waals surface area contributed by atoms with Crippen molar-refractivity contribution >= 4 is 11.9 Å². The van der Waals surface area contributed by atoms with Crippen molar-refractivity contribution in [1.82, 2.24) is 15.3 Å². The number of nitrogens with one attached hydrogen (secondary N) is 1. The third-order valence-corrected chi connectivity index (χ3v) is 5.74. The van der Waals surface area contributed by atoms with Gasteiger partial charge in [-0.05, 0) is 35.4 Å². The van der Waals surface area contributed by atoms with Crippen molar-refractivity contribution in [3.05, 3.63) is 71.4 Å². The van der Waals surface area contributed by atoms with E-state index in [0.717, 1.165) is 17.7 Å². The Kier molecular flexibility index (Phi) is 8.69. The summed E-state index contributed by atoms with van der Waals surface area (Å²) in [6.07, 6.45) is -5.84. The molecule has 9 nitrogen and oxygen atoms in total. The van der Waals surface area contributed by atoms with Gasteiger partial charge in [0, 0.05) is 13.2 Å². The summed E-state index contributed by atoms with van der Waals surface area (Å²) in [5.74, 6) is -0.0661. The Morgan fingerprint density at radius 3 is 2.31 bits per heavy atom. The van der Waals surface area contributed by atoms with Crippen LogP contribution in [-0.2, 0) is 11.3 Å². The van der Waals surface area contributed by atoms with Gasteiger partial charge in [-0.3, -0.25) is 4.79 Å². The summed E-state index contributed by atoms with van der Waals surface area (Å²) in [4.78, 5) is 23.4. The van der Waals surface area contributed by atoms with E-state index >= 15 is 0 Å². The minimum atomic E-state index is -4.82. The average molecular weight is 551 g/mol. The van der Waals surface area contributed by atoms with Gasteiger partial charge in [-0.2, -0.15) is 4.98 Å². The number of aromatic nitrogens is 2. The summed E-state index contributed by atoms with van der Waals surface area (Å²) in [5.41, 5.74) is 1.27. The van der Waals surface area contributed by atoms with Crippen LogP contribution in [-0.4, -0.2) is 62.3 Å². The Balaban J connectivity index is 1.51. The van der Waals surface area contributed by atoms with Crippen LogP contribution in [0.5, 0.6) is 17.4 Å². The number of nitrogens with zero attached hydrogens (tertiary/aromatic N) is 3. The number of amides is 1. The fraction of sp³-hybridized carbons (Fsp3) is 0.346. The second-order valence-corrected chi connectivity index (χ2v) is 8.63. The molecule has 2 heterocycles. The molecule has 1 N–H and O–H groups in total. The van der Waals surface area contributed by atoms with Crippen molar-refractivity contribution in [2.45, 2.75) is 25.2 Å².